The van der Waals surface area contributed by atoms with E-state index in [2.05, 4.69) is 15.5 Å². The Labute approximate surface area is 106 Å². The van der Waals surface area contributed by atoms with Crippen LogP contribution in [0.3, 0.4) is 0 Å². The molecule has 0 saturated heterocycles. The molecule has 0 aliphatic heterocycles. The average molecular weight is 247 g/mol. The van der Waals surface area contributed by atoms with Crippen molar-refractivity contribution >= 4 is 22.7 Å². The number of anilines is 1. The highest BCUT2D eigenvalue weighted by Gasteiger charge is 2.16. The molecule has 0 atom stereocenters. The van der Waals surface area contributed by atoms with Gasteiger partial charge in [0.25, 0.3) is 0 Å². The van der Waals surface area contributed by atoms with E-state index in [0.717, 1.165) is 16.6 Å². The molecule has 2 rings (SSSR count). The Balaban J connectivity index is 2.15. The Morgan fingerprint density at radius 2 is 2.11 bits per heavy atom. The van der Waals surface area contributed by atoms with Gasteiger partial charge in [0.05, 0.1) is 5.52 Å². The number of carbonyl (C=O) groups is 1. The topological polar surface area (TPSA) is 67.0 Å². The van der Waals surface area contributed by atoms with Gasteiger partial charge in [0, 0.05) is 16.8 Å². The van der Waals surface area contributed by atoms with Crippen molar-refractivity contribution in [1.82, 2.24) is 10.2 Å². The van der Waals surface area contributed by atoms with Crippen LogP contribution in [0.15, 0.2) is 18.2 Å². The smallest absolute Gasteiger partial charge is 0.412 e. The van der Waals surface area contributed by atoms with Crippen LogP contribution in [0.2, 0.25) is 0 Å². The van der Waals surface area contributed by atoms with Crippen molar-refractivity contribution in [2.45, 2.75) is 33.3 Å². The molecule has 1 aromatic heterocycles. The van der Waals surface area contributed by atoms with Crippen molar-refractivity contribution in [3.63, 3.8) is 0 Å². The molecule has 1 amide bonds. The number of aryl methyl sites for hydroxylation is 1. The number of hydrogen-bond acceptors (Lipinski definition) is 3. The standard InChI is InChI=1S/C13H17N3O2/c1-8-10-6-5-9(7-11(10)16-15-8)14-12(17)18-13(2,3)4/h5-7H,1-4H3,(H,14,17)(H,15,16). The van der Waals surface area contributed by atoms with Crippen molar-refractivity contribution in [2.75, 3.05) is 5.32 Å². The highest BCUT2D eigenvalue weighted by atomic mass is 16.6. The van der Waals surface area contributed by atoms with Gasteiger partial charge < -0.3 is 4.74 Å². The van der Waals surface area contributed by atoms with Crippen LogP contribution in [-0.2, 0) is 4.74 Å². The summed E-state index contributed by atoms with van der Waals surface area (Å²) in [4.78, 5) is 11.6. The number of nitrogens with one attached hydrogen (secondary N) is 2. The van der Waals surface area contributed by atoms with Gasteiger partial charge in [0.2, 0.25) is 0 Å². The van der Waals surface area contributed by atoms with Crippen LogP contribution in [0.25, 0.3) is 10.9 Å². The van der Waals surface area contributed by atoms with E-state index in [4.69, 9.17) is 4.74 Å². The normalized spacial score (nSPS) is 11.6. The van der Waals surface area contributed by atoms with Crippen LogP contribution in [-0.4, -0.2) is 21.9 Å². The molecule has 18 heavy (non-hydrogen) atoms. The van der Waals surface area contributed by atoms with E-state index < -0.39 is 11.7 Å². The zero-order chi connectivity index (χ0) is 13.3. The Morgan fingerprint density at radius 1 is 1.39 bits per heavy atom. The molecule has 1 heterocycles. The van der Waals surface area contributed by atoms with Crippen LogP contribution in [0.1, 0.15) is 26.5 Å². The Bertz CT molecular complexity index is 581. The summed E-state index contributed by atoms with van der Waals surface area (Å²) in [5.41, 5.74) is 2.00. The maximum Gasteiger partial charge on any atom is 0.412 e. The zero-order valence-corrected chi connectivity index (χ0v) is 11.0. The Morgan fingerprint density at radius 3 is 2.78 bits per heavy atom. The van der Waals surface area contributed by atoms with E-state index in [0.29, 0.717) is 5.69 Å². The summed E-state index contributed by atoms with van der Waals surface area (Å²) in [6.45, 7) is 7.43. The second-order valence-electron chi connectivity index (χ2n) is 5.21. The fraction of sp³-hybridized carbons (Fsp3) is 0.385. The van der Waals surface area contributed by atoms with Gasteiger partial charge in [-0.05, 0) is 45.9 Å². The van der Waals surface area contributed by atoms with Crippen LogP contribution in [0.5, 0.6) is 0 Å². The van der Waals surface area contributed by atoms with Crippen molar-refractivity contribution in [1.29, 1.82) is 0 Å². The number of carbonyl (C=O) groups excluding carboxylic acids is 1. The van der Waals surface area contributed by atoms with Gasteiger partial charge in [-0.3, -0.25) is 10.4 Å². The van der Waals surface area contributed by atoms with E-state index >= 15 is 0 Å². The predicted octanol–water partition coefficient (Wildman–Crippen LogP) is 3.22. The fourth-order valence-electron chi connectivity index (χ4n) is 1.64. The van der Waals surface area contributed by atoms with Crippen LogP contribution in [0, 0.1) is 6.92 Å². The molecular weight excluding hydrogens is 230 g/mol. The molecule has 0 saturated carbocycles. The average Bonchev–Trinajstić information content (AvgIpc) is 2.57. The van der Waals surface area contributed by atoms with Crippen molar-refractivity contribution in [2.24, 2.45) is 0 Å². The molecule has 5 nitrogen and oxygen atoms in total. The third kappa shape index (κ3) is 2.80. The van der Waals surface area contributed by atoms with E-state index in [1.54, 1.807) is 0 Å². The molecule has 0 aliphatic rings. The lowest BCUT2D eigenvalue weighted by Gasteiger charge is -2.19. The highest BCUT2D eigenvalue weighted by molar-refractivity contribution is 5.90. The number of fused-ring (bicyclic) bond motifs is 1. The summed E-state index contributed by atoms with van der Waals surface area (Å²) in [6.07, 6.45) is -0.464. The summed E-state index contributed by atoms with van der Waals surface area (Å²) < 4.78 is 5.18. The first kappa shape index (κ1) is 12.4. The van der Waals surface area contributed by atoms with Gasteiger partial charge in [-0.15, -0.1) is 0 Å². The minimum atomic E-state index is -0.503. The number of amides is 1. The molecular formula is C13H17N3O2. The lowest BCUT2D eigenvalue weighted by atomic mass is 10.2. The maximum absolute atomic E-state index is 11.6. The van der Waals surface area contributed by atoms with E-state index in [1.807, 2.05) is 45.9 Å². The number of H-pyrrole nitrogens is 1. The first-order chi connectivity index (χ1) is 8.35. The summed E-state index contributed by atoms with van der Waals surface area (Å²) in [6, 6.07) is 5.55. The third-order valence-electron chi connectivity index (χ3n) is 2.39. The molecule has 0 spiro atoms. The SMILES string of the molecule is Cc1[nH]nc2cc(NC(=O)OC(C)(C)C)ccc12. The summed E-state index contributed by atoms with van der Waals surface area (Å²) in [5.74, 6) is 0. The first-order valence-electron chi connectivity index (χ1n) is 5.80. The van der Waals surface area contributed by atoms with Gasteiger partial charge in [-0.2, -0.15) is 5.10 Å². The maximum atomic E-state index is 11.6. The number of ether oxygens (including phenoxy) is 1. The Kier molecular flexibility index (Phi) is 2.98. The minimum absolute atomic E-state index is 0.464. The summed E-state index contributed by atoms with van der Waals surface area (Å²) >= 11 is 0. The molecule has 2 aromatic rings. The van der Waals surface area contributed by atoms with Crippen molar-refractivity contribution in [3.05, 3.63) is 23.9 Å². The number of hydrogen-bond donors (Lipinski definition) is 2. The van der Waals surface area contributed by atoms with E-state index in [1.165, 1.54) is 0 Å². The highest BCUT2D eigenvalue weighted by Crippen LogP contribution is 2.20. The second kappa shape index (κ2) is 4.33. The van der Waals surface area contributed by atoms with E-state index in [-0.39, 0.29) is 0 Å². The quantitative estimate of drug-likeness (QED) is 0.813. The molecule has 0 aliphatic carbocycles. The predicted molar refractivity (Wildman–Crippen MR) is 70.7 cm³/mol. The molecule has 5 heteroatoms. The Hall–Kier alpha value is -2.04. The number of aromatic amines is 1. The minimum Gasteiger partial charge on any atom is -0.444 e. The van der Waals surface area contributed by atoms with Gasteiger partial charge in [-0.25, -0.2) is 4.79 Å². The third-order valence-corrected chi connectivity index (χ3v) is 2.39. The van der Waals surface area contributed by atoms with Crippen LogP contribution >= 0.6 is 0 Å². The van der Waals surface area contributed by atoms with Crippen molar-refractivity contribution < 1.29 is 9.53 Å². The number of aromatic nitrogens is 2. The first-order valence-corrected chi connectivity index (χ1v) is 5.80. The number of nitrogens with zero attached hydrogens (tertiary/aromatic N) is 1. The molecule has 0 fully saturated rings. The van der Waals surface area contributed by atoms with Gasteiger partial charge in [0.1, 0.15) is 5.60 Å². The van der Waals surface area contributed by atoms with Gasteiger partial charge in [-0.1, -0.05) is 0 Å². The molecule has 1 aromatic carbocycles. The van der Waals surface area contributed by atoms with Crippen LogP contribution in [0.4, 0.5) is 10.5 Å². The summed E-state index contributed by atoms with van der Waals surface area (Å²) in [7, 11) is 0. The molecule has 0 radical (unpaired) electrons. The molecule has 0 bridgehead atoms. The van der Waals surface area contributed by atoms with Crippen LogP contribution < -0.4 is 5.32 Å². The lowest BCUT2D eigenvalue weighted by molar-refractivity contribution is 0.0636. The lowest BCUT2D eigenvalue weighted by Crippen LogP contribution is -2.27. The van der Waals surface area contributed by atoms with Gasteiger partial charge >= 0.3 is 6.09 Å². The molecule has 2 N–H and O–H groups in total. The van der Waals surface area contributed by atoms with Crippen molar-refractivity contribution in [3.8, 4) is 0 Å². The van der Waals surface area contributed by atoms with E-state index in [9.17, 15) is 4.79 Å². The largest absolute Gasteiger partial charge is 0.444 e. The summed E-state index contributed by atoms with van der Waals surface area (Å²) in [5, 5.41) is 10.8. The number of benzene rings is 1. The zero-order valence-electron chi connectivity index (χ0n) is 11.0. The molecule has 0 unspecified atom stereocenters. The van der Waals surface area contributed by atoms with Gasteiger partial charge in [0.15, 0.2) is 0 Å². The number of rotatable bonds is 1. The monoisotopic (exact) mass is 247 g/mol. The molecule has 96 valence electrons. The second-order valence-corrected chi connectivity index (χ2v) is 5.21. The fourth-order valence-corrected chi connectivity index (χ4v) is 1.64.